The third-order valence-corrected chi connectivity index (χ3v) is 5.52. The van der Waals surface area contributed by atoms with E-state index in [0.717, 1.165) is 42.7 Å². The van der Waals surface area contributed by atoms with Gasteiger partial charge in [0.25, 0.3) is 0 Å². The van der Waals surface area contributed by atoms with Crippen molar-refractivity contribution in [2.75, 3.05) is 13.1 Å². The lowest BCUT2D eigenvalue weighted by molar-refractivity contribution is -0.152. The second kappa shape index (κ2) is 5.72. The monoisotopic (exact) mass is 331 g/mol. The first-order valence-electron chi connectivity index (χ1n) is 6.24. The predicted molar refractivity (Wildman–Crippen MR) is 76.9 cm³/mol. The number of piperidine rings is 1. The Morgan fingerprint density at radius 1 is 1.56 bits per heavy atom. The molecule has 0 amide bonds. The summed E-state index contributed by atoms with van der Waals surface area (Å²) in [4.78, 5) is 13.7. The number of halogens is 1. The number of carboxylic acid groups (broad SMARTS) is 1. The molecule has 1 aromatic rings. The van der Waals surface area contributed by atoms with Crippen molar-refractivity contribution < 1.29 is 9.90 Å². The van der Waals surface area contributed by atoms with Crippen molar-refractivity contribution >= 4 is 33.2 Å². The van der Waals surface area contributed by atoms with Crippen molar-refractivity contribution in [3.8, 4) is 0 Å². The van der Waals surface area contributed by atoms with Crippen LogP contribution in [-0.2, 0) is 11.3 Å². The second-order valence-electron chi connectivity index (χ2n) is 4.97. The van der Waals surface area contributed by atoms with Crippen LogP contribution in [0.5, 0.6) is 0 Å². The quantitative estimate of drug-likeness (QED) is 0.916. The molecule has 0 saturated carbocycles. The molecule has 2 heterocycles. The van der Waals surface area contributed by atoms with Crippen LogP contribution in [0.25, 0.3) is 0 Å². The summed E-state index contributed by atoms with van der Waals surface area (Å²) < 4.78 is 1.16. The number of aliphatic carboxylic acids is 1. The third-order valence-electron chi connectivity index (χ3n) is 3.97. The molecule has 1 saturated heterocycles. The van der Waals surface area contributed by atoms with Crippen LogP contribution in [0.2, 0.25) is 0 Å². The first-order chi connectivity index (χ1) is 8.55. The van der Waals surface area contributed by atoms with E-state index in [-0.39, 0.29) is 0 Å². The van der Waals surface area contributed by atoms with Crippen LogP contribution in [0.1, 0.15) is 31.7 Å². The second-order valence-corrected chi connectivity index (χ2v) is 7.26. The van der Waals surface area contributed by atoms with Gasteiger partial charge in [0.2, 0.25) is 0 Å². The van der Waals surface area contributed by atoms with Crippen LogP contribution in [0.3, 0.4) is 0 Å². The van der Waals surface area contributed by atoms with Crippen molar-refractivity contribution in [2.24, 2.45) is 5.41 Å². The summed E-state index contributed by atoms with van der Waals surface area (Å²) in [5.41, 5.74) is 0.831. The molecule has 0 aliphatic carbocycles. The number of rotatable bonds is 4. The minimum atomic E-state index is -0.622. The fraction of sp³-hybridized carbons (Fsp3) is 0.615. The molecule has 100 valence electrons. The first kappa shape index (κ1) is 14.0. The summed E-state index contributed by atoms with van der Waals surface area (Å²) in [5, 5.41) is 11.5. The van der Waals surface area contributed by atoms with E-state index in [9.17, 15) is 9.90 Å². The zero-order valence-corrected chi connectivity index (χ0v) is 12.9. The highest BCUT2D eigenvalue weighted by atomic mass is 79.9. The van der Waals surface area contributed by atoms with Crippen LogP contribution >= 0.6 is 27.3 Å². The lowest BCUT2D eigenvalue weighted by atomic mass is 9.76. The maximum absolute atomic E-state index is 11.4. The summed E-state index contributed by atoms with van der Waals surface area (Å²) in [6.07, 6.45) is 2.27. The fourth-order valence-corrected chi connectivity index (χ4v) is 3.75. The standard InChI is InChI=1S/C13H18BrNO2S/c1-2-13(12(16)17)3-5-15(6-4-13)8-10-7-11(14)18-9-10/h7,9H,2-6,8H2,1H3,(H,16,17). The zero-order valence-electron chi connectivity index (χ0n) is 10.5. The normalized spacial score (nSPS) is 19.9. The molecule has 0 atom stereocenters. The van der Waals surface area contributed by atoms with Gasteiger partial charge in [-0.3, -0.25) is 9.69 Å². The van der Waals surface area contributed by atoms with Gasteiger partial charge in [-0.05, 0) is 65.3 Å². The largest absolute Gasteiger partial charge is 0.481 e. The minimum Gasteiger partial charge on any atom is -0.481 e. The minimum absolute atomic E-state index is 0.480. The Kier molecular flexibility index (Phi) is 4.45. The number of carbonyl (C=O) groups is 1. The maximum Gasteiger partial charge on any atom is 0.309 e. The Balaban J connectivity index is 1.92. The van der Waals surface area contributed by atoms with Crippen molar-refractivity contribution in [1.82, 2.24) is 4.90 Å². The van der Waals surface area contributed by atoms with Gasteiger partial charge in [0.15, 0.2) is 0 Å². The van der Waals surface area contributed by atoms with Gasteiger partial charge in [-0.25, -0.2) is 0 Å². The van der Waals surface area contributed by atoms with E-state index < -0.39 is 11.4 Å². The molecule has 0 unspecified atom stereocenters. The highest BCUT2D eigenvalue weighted by Gasteiger charge is 2.39. The van der Waals surface area contributed by atoms with E-state index >= 15 is 0 Å². The van der Waals surface area contributed by atoms with Crippen LogP contribution in [0, 0.1) is 5.41 Å². The molecule has 0 spiro atoms. The summed E-state index contributed by atoms with van der Waals surface area (Å²) in [7, 11) is 0. The van der Waals surface area contributed by atoms with Crippen LogP contribution in [0.15, 0.2) is 15.2 Å². The summed E-state index contributed by atoms with van der Waals surface area (Å²) in [5.74, 6) is -0.622. The van der Waals surface area contributed by atoms with E-state index in [0.29, 0.717) is 0 Å². The van der Waals surface area contributed by atoms with Gasteiger partial charge in [0.1, 0.15) is 0 Å². The Morgan fingerprint density at radius 2 is 2.22 bits per heavy atom. The Bertz CT molecular complexity index is 424. The molecule has 2 rings (SSSR count). The van der Waals surface area contributed by atoms with Gasteiger partial charge in [0.05, 0.1) is 9.20 Å². The SMILES string of the molecule is CCC1(C(=O)O)CCN(Cc2csc(Br)c2)CC1. The smallest absolute Gasteiger partial charge is 0.309 e. The van der Waals surface area contributed by atoms with Crippen LogP contribution in [-0.4, -0.2) is 29.1 Å². The molecule has 5 heteroatoms. The predicted octanol–water partition coefficient (Wildman–Crippen LogP) is 3.59. The van der Waals surface area contributed by atoms with E-state index in [4.69, 9.17) is 0 Å². The van der Waals surface area contributed by atoms with Gasteiger partial charge >= 0.3 is 5.97 Å². The van der Waals surface area contributed by atoms with Crippen LogP contribution < -0.4 is 0 Å². The molecule has 0 bridgehead atoms. The maximum atomic E-state index is 11.4. The lowest BCUT2D eigenvalue weighted by Crippen LogP contribution is -2.43. The van der Waals surface area contributed by atoms with Gasteiger partial charge in [-0.1, -0.05) is 6.92 Å². The molecular formula is C13H18BrNO2S. The average molecular weight is 332 g/mol. The van der Waals surface area contributed by atoms with Gasteiger partial charge in [0, 0.05) is 6.54 Å². The molecule has 0 radical (unpaired) electrons. The number of nitrogens with zero attached hydrogens (tertiary/aromatic N) is 1. The summed E-state index contributed by atoms with van der Waals surface area (Å²) in [6, 6.07) is 2.14. The number of carboxylic acids is 1. The highest BCUT2D eigenvalue weighted by molar-refractivity contribution is 9.11. The summed E-state index contributed by atoms with van der Waals surface area (Å²) in [6.45, 7) is 4.68. The average Bonchev–Trinajstić information content (AvgIpc) is 2.76. The van der Waals surface area contributed by atoms with E-state index in [2.05, 4.69) is 32.3 Å². The number of hydrogen-bond donors (Lipinski definition) is 1. The highest BCUT2D eigenvalue weighted by Crippen LogP contribution is 2.35. The van der Waals surface area contributed by atoms with Crippen molar-refractivity contribution in [3.63, 3.8) is 0 Å². The van der Waals surface area contributed by atoms with E-state index in [1.54, 1.807) is 11.3 Å². The molecule has 18 heavy (non-hydrogen) atoms. The Morgan fingerprint density at radius 3 is 2.67 bits per heavy atom. The van der Waals surface area contributed by atoms with E-state index in [1.807, 2.05) is 6.92 Å². The molecule has 1 aliphatic rings. The van der Waals surface area contributed by atoms with Gasteiger partial charge in [-0.15, -0.1) is 11.3 Å². The third kappa shape index (κ3) is 2.95. The fourth-order valence-electron chi connectivity index (χ4n) is 2.54. The molecule has 3 nitrogen and oxygen atoms in total. The van der Waals surface area contributed by atoms with Crippen molar-refractivity contribution in [3.05, 3.63) is 20.8 Å². The summed E-state index contributed by atoms with van der Waals surface area (Å²) >= 11 is 5.17. The first-order valence-corrected chi connectivity index (χ1v) is 7.92. The van der Waals surface area contributed by atoms with Gasteiger partial charge < -0.3 is 5.11 Å². The van der Waals surface area contributed by atoms with E-state index in [1.165, 1.54) is 5.56 Å². The Hall–Kier alpha value is -0.390. The number of likely N-dealkylation sites (tertiary alicyclic amines) is 1. The molecule has 1 aromatic heterocycles. The molecule has 1 aliphatic heterocycles. The molecule has 0 aromatic carbocycles. The van der Waals surface area contributed by atoms with Crippen molar-refractivity contribution in [2.45, 2.75) is 32.7 Å². The molecule has 1 fully saturated rings. The van der Waals surface area contributed by atoms with Crippen molar-refractivity contribution in [1.29, 1.82) is 0 Å². The zero-order chi connectivity index (χ0) is 13.2. The number of thiophene rings is 1. The van der Waals surface area contributed by atoms with Gasteiger partial charge in [-0.2, -0.15) is 0 Å². The lowest BCUT2D eigenvalue weighted by Gasteiger charge is -2.38. The molecule has 1 N–H and O–H groups in total. The topological polar surface area (TPSA) is 40.5 Å². The van der Waals surface area contributed by atoms with Crippen LogP contribution in [0.4, 0.5) is 0 Å². The number of hydrogen-bond acceptors (Lipinski definition) is 3. The molecular weight excluding hydrogens is 314 g/mol. The Labute approximate surface area is 120 Å².